The number of alkyl halides is 4. The summed E-state index contributed by atoms with van der Waals surface area (Å²) in [6, 6.07) is 0. The molecule has 3 unspecified atom stereocenters. The minimum atomic E-state index is 0.00605. The first-order chi connectivity index (χ1) is 5.57. The van der Waals surface area contributed by atoms with Crippen LogP contribution in [0, 0.1) is 0 Å². The SMILES string of the molecule is CC(Cl)C(Cl)CCC(Cl)CCCl. The van der Waals surface area contributed by atoms with E-state index in [1.807, 2.05) is 6.92 Å². The Bertz CT molecular complexity index is 105. The van der Waals surface area contributed by atoms with Gasteiger partial charge in [0.25, 0.3) is 0 Å². The van der Waals surface area contributed by atoms with Gasteiger partial charge < -0.3 is 0 Å². The summed E-state index contributed by atoms with van der Waals surface area (Å²) in [6.45, 7) is 1.89. The van der Waals surface area contributed by atoms with E-state index in [1.165, 1.54) is 0 Å². The lowest BCUT2D eigenvalue weighted by molar-refractivity contribution is 0.641. The van der Waals surface area contributed by atoms with Crippen molar-refractivity contribution < 1.29 is 0 Å². The van der Waals surface area contributed by atoms with Crippen LogP contribution in [0.25, 0.3) is 0 Å². The second kappa shape index (κ2) is 7.55. The van der Waals surface area contributed by atoms with E-state index in [2.05, 4.69) is 0 Å². The van der Waals surface area contributed by atoms with Crippen LogP contribution < -0.4 is 0 Å². The van der Waals surface area contributed by atoms with Crippen molar-refractivity contribution in [3.63, 3.8) is 0 Å². The smallest absolute Gasteiger partial charge is 0.0497 e. The molecule has 3 atom stereocenters. The average molecular weight is 252 g/mol. The Kier molecular flexibility index (Phi) is 8.28. The maximum Gasteiger partial charge on any atom is 0.0497 e. The van der Waals surface area contributed by atoms with Gasteiger partial charge in [-0.25, -0.2) is 0 Å². The summed E-state index contributed by atoms with van der Waals surface area (Å²) in [6.07, 6.45) is 2.58. The molecule has 0 nitrogen and oxygen atoms in total. The van der Waals surface area contributed by atoms with Gasteiger partial charge in [0, 0.05) is 22.0 Å². The highest BCUT2D eigenvalue weighted by Crippen LogP contribution is 2.19. The van der Waals surface area contributed by atoms with Gasteiger partial charge in [0.1, 0.15) is 0 Å². The first-order valence-corrected chi connectivity index (χ1v) is 5.90. The van der Waals surface area contributed by atoms with Crippen molar-refractivity contribution in [2.45, 2.75) is 42.3 Å². The summed E-state index contributed by atoms with van der Waals surface area (Å²) in [4.78, 5) is 0. The first-order valence-electron chi connectivity index (χ1n) is 4.06. The molecule has 0 bridgehead atoms. The maximum atomic E-state index is 5.94. The zero-order valence-corrected chi connectivity index (χ0v) is 10.1. The van der Waals surface area contributed by atoms with Gasteiger partial charge in [-0.1, -0.05) is 0 Å². The molecule has 0 aromatic rings. The minimum absolute atomic E-state index is 0.00605. The molecule has 4 heteroatoms. The van der Waals surface area contributed by atoms with Crippen molar-refractivity contribution in [2.75, 3.05) is 5.88 Å². The molecular weight excluding hydrogens is 238 g/mol. The molecular formula is C8H14Cl4. The minimum Gasteiger partial charge on any atom is -0.127 e. The molecule has 0 saturated carbocycles. The largest absolute Gasteiger partial charge is 0.127 e. The Morgan fingerprint density at radius 1 is 1.00 bits per heavy atom. The van der Waals surface area contributed by atoms with Crippen molar-refractivity contribution >= 4 is 46.4 Å². The van der Waals surface area contributed by atoms with Crippen LogP contribution in [0.3, 0.4) is 0 Å². The molecule has 0 amide bonds. The third-order valence-electron chi connectivity index (χ3n) is 1.68. The average Bonchev–Trinajstić information content (AvgIpc) is 2.00. The normalized spacial score (nSPS) is 18.8. The van der Waals surface area contributed by atoms with E-state index in [4.69, 9.17) is 46.4 Å². The Labute approximate surface area is 94.5 Å². The molecule has 0 rings (SSSR count). The molecule has 0 heterocycles. The first kappa shape index (κ1) is 13.2. The van der Waals surface area contributed by atoms with Crippen molar-refractivity contribution in [1.82, 2.24) is 0 Å². The third kappa shape index (κ3) is 6.65. The molecule has 0 fully saturated rings. The summed E-state index contributed by atoms with van der Waals surface area (Å²) in [5.41, 5.74) is 0. The summed E-state index contributed by atoms with van der Waals surface area (Å²) < 4.78 is 0. The second-order valence-corrected chi connectivity index (χ2v) is 5.09. The van der Waals surface area contributed by atoms with Crippen molar-refractivity contribution in [3.8, 4) is 0 Å². The third-order valence-corrected chi connectivity index (χ3v) is 3.36. The van der Waals surface area contributed by atoms with Crippen LogP contribution in [0.2, 0.25) is 0 Å². The van der Waals surface area contributed by atoms with Crippen LogP contribution in [0.4, 0.5) is 0 Å². The molecule has 0 aliphatic carbocycles. The van der Waals surface area contributed by atoms with E-state index in [-0.39, 0.29) is 16.1 Å². The molecule has 0 saturated heterocycles. The fourth-order valence-electron chi connectivity index (χ4n) is 0.832. The Morgan fingerprint density at radius 3 is 2.00 bits per heavy atom. The van der Waals surface area contributed by atoms with Gasteiger partial charge >= 0.3 is 0 Å². The van der Waals surface area contributed by atoms with Gasteiger partial charge in [-0.2, -0.15) is 0 Å². The van der Waals surface area contributed by atoms with Crippen molar-refractivity contribution in [3.05, 3.63) is 0 Å². The highest BCUT2D eigenvalue weighted by Gasteiger charge is 2.13. The van der Waals surface area contributed by atoms with Gasteiger partial charge in [0.2, 0.25) is 0 Å². The molecule has 0 aromatic carbocycles. The topological polar surface area (TPSA) is 0 Å². The fourth-order valence-corrected chi connectivity index (χ4v) is 1.69. The van der Waals surface area contributed by atoms with Crippen LogP contribution in [0.15, 0.2) is 0 Å². The molecule has 0 aliphatic rings. The van der Waals surface area contributed by atoms with Crippen LogP contribution in [-0.2, 0) is 0 Å². The predicted molar refractivity (Wildman–Crippen MR) is 59.2 cm³/mol. The van der Waals surface area contributed by atoms with Crippen LogP contribution in [0.1, 0.15) is 26.2 Å². The maximum absolute atomic E-state index is 5.94. The number of halogens is 4. The lowest BCUT2D eigenvalue weighted by Gasteiger charge is -2.13. The van der Waals surface area contributed by atoms with Gasteiger partial charge in [-0.05, 0) is 26.2 Å². The number of hydrogen-bond donors (Lipinski definition) is 0. The van der Waals surface area contributed by atoms with Crippen molar-refractivity contribution in [1.29, 1.82) is 0 Å². The van der Waals surface area contributed by atoms with Crippen LogP contribution >= 0.6 is 46.4 Å². The van der Waals surface area contributed by atoms with Gasteiger partial charge in [-0.15, -0.1) is 46.4 Å². The Morgan fingerprint density at radius 2 is 1.58 bits per heavy atom. The summed E-state index contributed by atoms with van der Waals surface area (Å²) in [5.74, 6) is 0.609. The van der Waals surface area contributed by atoms with Crippen LogP contribution in [0.5, 0.6) is 0 Å². The second-order valence-electron chi connectivity index (χ2n) is 2.85. The summed E-state index contributed by atoms with van der Waals surface area (Å²) in [5, 5.41) is 0.161. The molecule has 0 aliphatic heterocycles. The molecule has 74 valence electrons. The van der Waals surface area contributed by atoms with E-state index in [1.54, 1.807) is 0 Å². The van der Waals surface area contributed by atoms with E-state index in [9.17, 15) is 0 Å². The molecule has 0 aromatic heterocycles. The predicted octanol–water partition coefficient (Wildman–Crippen LogP) is 4.24. The zero-order valence-electron chi connectivity index (χ0n) is 7.07. The quantitative estimate of drug-likeness (QED) is 0.620. The zero-order chi connectivity index (χ0) is 9.56. The molecule has 0 radical (unpaired) electrons. The Balaban J connectivity index is 3.40. The Hall–Kier alpha value is 1.16. The van der Waals surface area contributed by atoms with E-state index >= 15 is 0 Å². The van der Waals surface area contributed by atoms with E-state index in [0.717, 1.165) is 19.3 Å². The van der Waals surface area contributed by atoms with Gasteiger partial charge in [-0.3, -0.25) is 0 Å². The highest BCUT2D eigenvalue weighted by atomic mass is 35.5. The van der Waals surface area contributed by atoms with Crippen molar-refractivity contribution in [2.24, 2.45) is 0 Å². The standard InChI is InChI=1S/C8H14Cl4/c1-6(10)8(12)3-2-7(11)4-5-9/h6-8H,2-5H2,1H3. The molecule has 12 heavy (non-hydrogen) atoms. The number of hydrogen-bond acceptors (Lipinski definition) is 0. The monoisotopic (exact) mass is 250 g/mol. The summed E-state index contributed by atoms with van der Waals surface area (Å²) in [7, 11) is 0. The van der Waals surface area contributed by atoms with E-state index in [0.29, 0.717) is 5.88 Å². The molecule has 0 N–H and O–H groups in total. The van der Waals surface area contributed by atoms with Gasteiger partial charge in [0.15, 0.2) is 0 Å². The highest BCUT2D eigenvalue weighted by molar-refractivity contribution is 6.29. The fraction of sp³-hybridized carbons (Fsp3) is 1.00. The van der Waals surface area contributed by atoms with E-state index < -0.39 is 0 Å². The number of rotatable bonds is 6. The lowest BCUT2D eigenvalue weighted by atomic mass is 10.1. The molecule has 0 spiro atoms. The van der Waals surface area contributed by atoms with Gasteiger partial charge in [0.05, 0.1) is 0 Å². The lowest BCUT2D eigenvalue weighted by Crippen LogP contribution is -2.13. The van der Waals surface area contributed by atoms with Crippen LogP contribution in [-0.4, -0.2) is 22.0 Å². The summed E-state index contributed by atoms with van der Waals surface area (Å²) >= 11 is 23.2.